The second kappa shape index (κ2) is 10.9. The molecule has 0 radical (unpaired) electrons. The van der Waals surface area contributed by atoms with Gasteiger partial charge >= 0.3 is 5.97 Å². The van der Waals surface area contributed by atoms with E-state index < -0.39 is 0 Å². The number of carbonyl (C=O) groups excluding carboxylic acids is 1. The molecule has 0 unspecified atom stereocenters. The van der Waals surface area contributed by atoms with Crippen LogP contribution in [0.2, 0.25) is 0 Å². The molecule has 0 saturated carbocycles. The van der Waals surface area contributed by atoms with E-state index in [-0.39, 0.29) is 36.0 Å². The average molecular weight is 411 g/mol. The van der Waals surface area contributed by atoms with Gasteiger partial charge in [0.2, 0.25) is 0 Å². The highest BCUT2D eigenvalue weighted by Gasteiger charge is 2.05. The van der Waals surface area contributed by atoms with Gasteiger partial charge in [-0.2, -0.15) is 0 Å². The predicted octanol–water partition coefficient (Wildman–Crippen LogP) is 2.37. The fraction of sp³-hybridized carbons (Fsp3) is 0.538. The number of ether oxygens (including phenoxy) is 1. The van der Waals surface area contributed by atoms with Gasteiger partial charge in [0.15, 0.2) is 5.96 Å². The quantitative estimate of drug-likeness (QED) is 0.327. The molecule has 0 saturated heterocycles. The summed E-state index contributed by atoms with van der Waals surface area (Å²) in [5, 5.41) is 8.30. The van der Waals surface area contributed by atoms with Crippen LogP contribution in [0.3, 0.4) is 0 Å². The number of hydrogen-bond acceptors (Lipinski definition) is 4. The van der Waals surface area contributed by atoms with Crippen LogP contribution in [0.15, 0.2) is 22.5 Å². The minimum Gasteiger partial charge on any atom is -0.463 e. The summed E-state index contributed by atoms with van der Waals surface area (Å²) in [5.41, 5.74) is 0. The van der Waals surface area contributed by atoms with Gasteiger partial charge in [0.05, 0.1) is 19.1 Å². The van der Waals surface area contributed by atoms with Crippen LogP contribution >= 0.6 is 35.3 Å². The van der Waals surface area contributed by atoms with Crippen LogP contribution in [0.25, 0.3) is 0 Å². The van der Waals surface area contributed by atoms with Crippen LogP contribution in [0.5, 0.6) is 0 Å². The first-order valence-electron chi connectivity index (χ1n) is 6.28. The van der Waals surface area contributed by atoms with Crippen LogP contribution in [0.4, 0.5) is 0 Å². The number of hydrogen-bond donors (Lipinski definition) is 2. The van der Waals surface area contributed by atoms with E-state index in [2.05, 4.69) is 21.7 Å². The first-order chi connectivity index (χ1) is 9.11. The Kier molecular flexibility index (Phi) is 10.4. The maximum absolute atomic E-state index is 11.3. The highest BCUT2D eigenvalue weighted by Crippen LogP contribution is 2.06. The molecular weight excluding hydrogens is 389 g/mol. The van der Waals surface area contributed by atoms with Crippen molar-refractivity contribution in [3.63, 3.8) is 0 Å². The third kappa shape index (κ3) is 8.36. The highest BCUT2D eigenvalue weighted by molar-refractivity contribution is 14.0. The summed E-state index contributed by atoms with van der Waals surface area (Å²) in [6, 6.07) is 4.07. The summed E-state index contributed by atoms with van der Waals surface area (Å²) >= 11 is 1.69. The first-order valence-corrected chi connectivity index (χ1v) is 7.16. The number of esters is 1. The Morgan fingerprint density at radius 3 is 2.75 bits per heavy atom. The zero-order valence-electron chi connectivity index (χ0n) is 12.0. The molecule has 1 heterocycles. The molecule has 20 heavy (non-hydrogen) atoms. The lowest BCUT2D eigenvalue weighted by atomic mass is 10.4. The maximum atomic E-state index is 11.3. The Morgan fingerprint density at radius 1 is 1.45 bits per heavy atom. The second-order valence-electron chi connectivity index (χ2n) is 4.22. The number of thiophene rings is 1. The van der Waals surface area contributed by atoms with Crippen LogP contribution in [-0.4, -0.2) is 31.6 Å². The molecule has 0 spiro atoms. The number of aliphatic imine (C=N–C) groups is 1. The van der Waals surface area contributed by atoms with Crippen molar-refractivity contribution in [2.24, 2.45) is 4.99 Å². The Bertz CT molecular complexity index is 408. The van der Waals surface area contributed by atoms with E-state index >= 15 is 0 Å². The molecule has 0 aliphatic carbocycles. The van der Waals surface area contributed by atoms with E-state index in [0.29, 0.717) is 18.9 Å². The lowest BCUT2D eigenvalue weighted by molar-refractivity contribution is -0.147. The van der Waals surface area contributed by atoms with Gasteiger partial charge in [-0.25, -0.2) is 0 Å². The fourth-order valence-corrected chi connectivity index (χ4v) is 2.05. The molecule has 0 aliphatic heterocycles. The lowest BCUT2D eigenvalue weighted by Gasteiger charge is -2.11. The molecule has 1 aromatic heterocycles. The van der Waals surface area contributed by atoms with Crippen molar-refractivity contribution in [2.45, 2.75) is 32.9 Å². The number of nitrogens with zero attached hydrogens (tertiary/aromatic N) is 1. The Morgan fingerprint density at radius 2 is 2.20 bits per heavy atom. The van der Waals surface area contributed by atoms with E-state index in [1.165, 1.54) is 4.88 Å². The Labute approximate surface area is 141 Å². The van der Waals surface area contributed by atoms with Gasteiger partial charge in [0, 0.05) is 18.5 Å². The highest BCUT2D eigenvalue weighted by atomic mass is 127. The number of carbonyl (C=O) groups is 1. The zero-order valence-corrected chi connectivity index (χ0v) is 15.2. The van der Waals surface area contributed by atoms with Crippen LogP contribution in [-0.2, 0) is 16.1 Å². The fourth-order valence-electron chi connectivity index (χ4n) is 1.41. The van der Waals surface area contributed by atoms with Gasteiger partial charge in [-0.05, 0) is 25.3 Å². The molecule has 0 bridgehead atoms. The van der Waals surface area contributed by atoms with Crippen LogP contribution in [0.1, 0.15) is 25.1 Å². The largest absolute Gasteiger partial charge is 0.463 e. The summed E-state index contributed by atoms with van der Waals surface area (Å²) in [5.74, 6) is 0.488. The molecule has 1 rings (SSSR count). The first kappa shape index (κ1) is 19.2. The lowest BCUT2D eigenvalue weighted by Crippen LogP contribution is -2.37. The molecular formula is C13H22IN3O2S. The van der Waals surface area contributed by atoms with Crippen molar-refractivity contribution in [1.82, 2.24) is 10.6 Å². The molecule has 114 valence electrons. The van der Waals surface area contributed by atoms with Crippen molar-refractivity contribution >= 4 is 47.2 Å². The van der Waals surface area contributed by atoms with E-state index in [1.54, 1.807) is 18.4 Å². The van der Waals surface area contributed by atoms with Crippen molar-refractivity contribution in [1.29, 1.82) is 0 Å². The van der Waals surface area contributed by atoms with Crippen molar-refractivity contribution in [3.8, 4) is 0 Å². The van der Waals surface area contributed by atoms with Crippen molar-refractivity contribution in [3.05, 3.63) is 22.4 Å². The summed E-state index contributed by atoms with van der Waals surface area (Å²) in [7, 11) is 1.70. The van der Waals surface area contributed by atoms with Crippen LogP contribution in [0, 0.1) is 0 Å². The third-order valence-electron chi connectivity index (χ3n) is 2.22. The summed E-state index contributed by atoms with van der Waals surface area (Å²) < 4.78 is 5.05. The number of guanidine groups is 1. The van der Waals surface area contributed by atoms with Gasteiger partial charge < -0.3 is 15.4 Å². The van der Waals surface area contributed by atoms with Gasteiger partial charge in [-0.1, -0.05) is 6.07 Å². The van der Waals surface area contributed by atoms with Gasteiger partial charge in [-0.15, -0.1) is 35.3 Å². The molecule has 0 aliphatic rings. The van der Waals surface area contributed by atoms with E-state index in [0.717, 1.165) is 6.54 Å². The molecule has 1 aromatic rings. The predicted molar refractivity (Wildman–Crippen MR) is 93.8 cm³/mol. The molecule has 0 atom stereocenters. The molecule has 2 N–H and O–H groups in total. The van der Waals surface area contributed by atoms with Crippen molar-refractivity contribution < 1.29 is 9.53 Å². The van der Waals surface area contributed by atoms with Crippen molar-refractivity contribution in [2.75, 3.05) is 13.6 Å². The van der Waals surface area contributed by atoms with E-state index in [4.69, 9.17) is 4.74 Å². The number of halogens is 1. The zero-order chi connectivity index (χ0) is 14.1. The summed E-state index contributed by atoms with van der Waals surface area (Å²) in [4.78, 5) is 16.7. The minimum atomic E-state index is -0.198. The minimum absolute atomic E-state index is 0. The van der Waals surface area contributed by atoms with Crippen LogP contribution < -0.4 is 10.6 Å². The van der Waals surface area contributed by atoms with Gasteiger partial charge in [0.25, 0.3) is 0 Å². The standard InChI is InChI=1S/C13H21N3O2S.HI/c1-10(2)18-12(17)6-7-15-13(14-3)16-9-11-5-4-8-19-11;/h4-5,8,10H,6-7,9H2,1-3H3,(H2,14,15,16);1H. The summed E-state index contributed by atoms with van der Waals surface area (Å²) in [6.07, 6.45) is 0.265. The number of nitrogens with one attached hydrogen (secondary N) is 2. The van der Waals surface area contributed by atoms with E-state index in [1.807, 2.05) is 25.3 Å². The summed E-state index contributed by atoms with van der Waals surface area (Å²) in [6.45, 7) is 4.92. The molecule has 0 fully saturated rings. The second-order valence-corrected chi connectivity index (χ2v) is 5.25. The Hall–Kier alpha value is -0.830. The normalized spacial score (nSPS) is 10.9. The van der Waals surface area contributed by atoms with Gasteiger partial charge in [-0.3, -0.25) is 9.79 Å². The topological polar surface area (TPSA) is 62.7 Å². The maximum Gasteiger partial charge on any atom is 0.307 e. The smallest absolute Gasteiger partial charge is 0.307 e. The molecule has 7 heteroatoms. The Balaban J connectivity index is 0.00000361. The molecule has 5 nitrogen and oxygen atoms in total. The SMILES string of the molecule is CN=C(NCCC(=O)OC(C)C)NCc1cccs1.I. The molecule has 0 amide bonds. The van der Waals surface area contributed by atoms with Gasteiger partial charge in [0.1, 0.15) is 0 Å². The average Bonchev–Trinajstić information content (AvgIpc) is 2.85. The number of rotatable bonds is 6. The molecule has 0 aromatic carbocycles. The van der Waals surface area contributed by atoms with E-state index in [9.17, 15) is 4.79 Å². The third-order valence-corrected chi connectivity index (χ3v) is 3.10. The monoisotopic (exact) mass is 411 g/mol.